The lowest BCUT2D eigenvalue weighted by molar-refractivity contribution is 0.0724. The molecule has 0 N–H and O–H groups in total. The third-order valence-electron chi connectivity index (χ3n) is 6.70. The fourth-order valence-electron chi connectivity index (χ4n) is 4.97. The summed E-state index contributed by atoms with van der Waals surface area (Å²) in [4.78, 5) is 19.9. The number of fused-ring (bicyclic) bond motifs is 1. The molecule has 0 spiro atoms. The highest BCUT2D eigenvalue weighted by molar-refractivity contribution is 5.95. The number of rotatable bonds is 4. The summed E-state index contributed by atoms with van der Waals surface area (Å²) in [6.07, 6.45) is 3.51. The first kappa shape index (κ1) is 20.1. The summed E-state index contributed by atoms with van der Waals surface area (Å²) < 4.78 is 0. The SMILES string of the molecule is O=C(c1cccc(CN2CCN(c3cccc4ccccc34)CC2)c1)N1CCCCC1. The van der Waals surface area contributed by atoms with E-state index in [1.54, 1.807) is 0 Å². The molecule has 2 aliphatic heterocycles. The van der Waals surface area contributed by atoms with Gasteiger partial charge in [-0.1, -0.05) is 48.5 Å². The van der Waals surface area contributed by atoms with Gasteiger partial charge in [-0.2, -0.15) is 0 Å². The number of benzene rings is 3. The summed E-state index contributed by atoms with van der Waals surface area (Å²) in [5, 5.41) is 2.64. The Morgan fingerprint density at radius 3 is 2.32 bits per heavy atom. The van der Waals surface area contributed by atoms with E-state index in [0.29, 0.717) is 0 Å². The average Bonchev–Trinajstić information content (AvgIpc) is 2.84. The van der Waals surface area contributed by atoms with Crippen LogP contribution in [0.2, 0.25) is 0 Å². The van der Waals surface area contributed by atoms with Gasteiger partial charge in [0.1, 0.15) is 0 Å². The Kier molecular flexibility index (Phi) is 5.90. The smallest absolute Gasteiger partial charge is 0.253 e. The number of carbonyl (C=O) groups excluding carboxylic acids is 1. The Labute approximate surface area is 185 Å². The first-order valence-electron chi connectivity index (χ1n) is 11.6. The largest absolute Gasteiger partial charge is 0.368 e. The van der Waals surface area contributed by atoms with Crippen LogP contribution in [0.25, 0.3) is 10.8 Å². The summed E-state index contributed by atoms with van der Waals surface area (Å²) in [5.41, 5.74) is 3.42. The van der Waals surface area contributed by atoms with Crippen LogP contribution in [-0.4, -0.2) is 55.0 Å². The van der Waals surface area contributed by atoms with Crippen LogP contribution in [0, 0.1) is 0 Å². The Bertz CT molecular complexity index is 1040. The van der Waals surface area contributed by atoms with Crippen LogP contribution in [0.15, 0.2) is 66.7 Å². The summed E-state index contributed by atoms with van der Waals surface area (Å²) in [6.45, 7) is 6.84. The Morgan fingerprint density at radius 1 is 0.742 bits per heavy atom. The van der Waals surface area contributed by atoms with Crippen molar-refractivity contribution in [3.8, 4) is 0 Å². The molecule has 3 aromatic rings. The molecule has 0 atom stereocenters. The molecule has 2 saturated heterocycles. The lowest BCUT2D eigenvalue weighted by Crippen LogP contribution is -2.46. The number of amides is 1. The molecule has 5 rings (SSSR count). The highest BCUT2D eigenvalue weighted by Crippen LogP contribution is 2.27. The molecule has 0 aromatic heterocycles. The van der Waals surface area contributed by atoms with Crippen molar-refractivity contribution in [2.75, 3.05) is 44.2 Å². The van der Waals surface area contributed by atoms with E-state index in [0.717, 1.165) is 64.2 Å². The minimum atomic E-state index is 0.197. The van der Waals surface area contributed by atoms with E-state index in [1.165, 1.54) is 28.4 Å². The number of piperidine rings is 1. The van der Waals surface area contributed by atoms with Gasteiger partial charge in [-0.25, -0.2) is 0 Å². The third kappa shape index (κ3) is 4.45. The van der Waals surface area contributed by atoms with Crippen LogP contribution in [0.3, 0.4) is 0 Å². The van der Waals surface area contributed by atoms with Crippen molar-refractivity contribution in [3.63, 3.8) is 0 Å². The molecule has 0 bridgehead atoms. The highest BCUT2D eigenvalue weighted by Gasteiger charge is 2.21. The zero-order chi connectivity index (χ0) is 21.0. The van der Waals surface area contributed by atoms with Crippen molar-refractivity contribution >= 4 is 22.4 Å². The quantitative estimate of drug-likeness (QED) is 0.615. The van der Waals surface area contributed by atoms with Gasteiger partial charge < -0.3 is 9.80 Å². The van der Waals surface area contributed by atoms with E-state index in [-0.39, 0.29) is 5.91 Å². The lowest BCUT2D eigenvalue weighted by Gasteiger charge is -2.36. The Hall–Kier alpha value is -2.85. The van der Waals surface area contributed by atoms with Crippen LogP contribution in [0.1, 0.15) is 35.2 Å². The topological polar surface area (TPSA) is 26.8 Å². The normalized spacial score (nSPS) is 17.8. The predicted octanol–water partition coefficient (Wildman–Crippen LogP) is 4.79. The van der Waals surface area contributed by atoms with Crippen molar-refractivity contribution < 1.29 is 4.79 Å². The van der Waals surface area contributed by atoms with Crippen LogP contribution in [-0.2, 0) is 6.54 Å². The molecule has 0 aliphatic carbocycles. The van der Waals surface area contributed by atoms with Crippen LogP contribution < -0.4 is 4.90 Å². The van der Waals surface area contributed by atoms with Crippen molar-refractivity contribution in [1.29, 1.82) is 0 Å². The minimum Gasteiger partial charge on any atom is -0.368 e. The zero-order valence-corrected chi connectivity index (χ0v) is 18.2. The molecule has 1 amide bonds. The van der Waals surface area contributed by atoms with Crippen molar-refractivity contribution in [3.05, 3.63) is 77.9 Å². The summed E-state index contributed by atoms with van der Waals surface area (Å²) >= 11 is 0. The van der Waals surface area contributed by atoms with E-state index in [2.05, 4.69) is 64.4 Å². The number of carbonyl (C=O) groups is 1. The van der Waals surface area contributed by atoms with Crippen molar-refractivity contribution in [2.45, 2.75) is 25.8 Å². The Balaban J connectivity index is 1.22. The monoisotopic (exact) mass is 413 g/mol. The first-order valence-corrected chi connectivity index (χ1v) is 11.6. The number of piperazine rings is 1. The first-order chi connectivity index (χ1) is 15.3. The molecule has 31 heavy (non-hydrogen) atoms. The van der Waals surface area contributed by atoms with Gasteiger partial charge in [0.25, 0.3) is 5.91 Å². The second-order valence-corrected chi connectivity index (χ2v) is 8.81. The van der Waals surface area contributed by atoms with E-state index in [1.807, 2.05) is 17.0 Å². The molecule has 4 nitrogen and oxygen atoms in total. The lowest BCUT2D eigenvalue weighted by atomic mass is 10.1. The van der Waals surface area contributed by atoms with Gasteiger partial charge in [0, 0.05) is 62.5 Å². The number of hydrogen-bond acceptors (Lipinski definition) is 3. The molecule has 4 heteroatoms. The highest BCUT2D eigenvalue weighted by atomic mass is 16.2. The summed E-state index contributed by atoms with van der Waals surface area (Å²) in [5.74, 6) is 0.197. The number of likely N-dealkylation sites (tertiary alicyclic amines) is 1. The molecule has 0 unspecified atom stereocenters. The Morgan fingerprint density at radius 2 is 1.48 bits per heavy atom. The van der Waals surface area contributed by atoms with Gasteiger partial charge in [0.05, 0.1) is 0 Å². The van der Waals surface area contributed by atoms with E-state index < -0.39 is 0 Å². The van der Waals surface area contributed by atoms with Crippen LogP contribution >= 0.6 is 0 Å². The van der Waals surface area contributed by atoms with E-state index in [4.69, 9.17) is 0 Å². The molecule has 2 fully saturated rings. The van der Waals surface area contributed by atoms with E-state index >= 15 is 0 Å². The van der Waals surface area contributed by atoms with Gasteiger partial charge in [-0.05, 0) is 48.4 Å². The fourth-order valence-corrected chi connectivity index (χ4v) is 4.97. The van der Waals surface area contributed by atoms with Gasteiger partial charge in [0.15, 0.2) is 0 Å². The molecule has 2 heterocycles. The van der Waals surface area contributed by atoms with Gasteiger partial charge >= 0.3 is 0 Å². The average molecular weight is 414 g/mol. The fraction of sp³-hybridized carbons (Fsp3) is 0.370. The van der Waals surface area contributed by atoms with E-state index in [9.17, 15) is 4.79 Å². The van der Waals surface area contributed by atoms with Gasteiger partial charge in [-0.3, -0.25) is 9.69 Å². The van der Waals surface area contributed by atoms with Gasteiger partial charge in [-0.15, -0.1) is 0 Å². The number of anilines is 1. The summed E-state index contributed by atoms with van der Waals surface area (Å²) in [7, 11) is 0. The zero-order valence-electron chi connectivity index (χ0n) is 18.2. The predicted molar refractivity (Wildman–Crippen MR) is 128 cm³/mol. The molecule has 160 valence electrons. The molecular formula is C27H31N3O. The molecule has 0 radical (unpaired) electrons. The maximum Gasteiger partial charge on any atom is 0.253 e. The molecule has 0 saturated carbocycles. The van der Waals surface area contributed by atoms with Gasteiger partial charge in [0.2, 0.25) is 0 Å². The number of hydrogen-bond donors (Lipinski definition) is 0. The summed E-state index contributed by atoms with van der Waals surface area (Å²) in [6, 6.07) is 23.5. The molecular weight excluding hydrogens is 382 g/mol. The standard InChI is InChI=1S/C27H31N3O/c31-27(30-14-4-1-5-15-30)24-11-6-8-22(20-24)21-28-16-18-29(19-17-28)26-13-7-10-23-9-2-3-12-25(23)26/h2-3,6-13,20H,1,4-5,14-19,21H2. The second kappa shape index (κ2) is 9.11. The molecule has 2 aliphatic rings. The second-order valence-electron chi connectivity index (χ2n) is 8.81. The van der Waals surface area contributed by atoms with Crippen LogP contribution in [0.5, 0.6) is 0 Å². The maximum atomic E-state index is 12.9. The maximum absolute atomic E-state index is 12.9. The van der Waals surface area contributed by atoms with Crippen molar-refractivity contribution in [2.24, 2.45) is 0 Å². The third-order valence-corrected chi connectivity index (χ3v) is 6.70. The molecule has 3 aromatic carbocycles. The number of nitrogens with zero attached hydrogens (tertiary/aromatic N) is 3. The van der Waals surface area contributed by atoms with Crippen LogP contribution in [0.4, 0.5) is 5.69 Å². The van der Waals surface area contributed by atoms with Crippen molar-refractivity contribution in [1.82, 2.24) is 9.80 Å². The minimum absolute atomic E-state index is 0.197.